The van der Waals surface area contributed by atoms with Crippen LogP contribution in [0, 0.1) is 0 Å². The fourth-order valence-corrected chi connectivity index (χ4v) is 1.06. The van der Waals surface area contributed by atoms with Crippen LogP contribution in [0.25, 0.3) is 0 Å². The summed E-state index contributed by atoms with van der Waals surface area (Å²) in [6, 6.07) is 0. The van der Waals surface area contributed by atoms with Gasteiger partial charge in [-0.1, -0.05) is 18.2 Å². The third-order valence-corrected chi connectivity index (χ3v) is 1.81. The van der Waals surface area contributed by atoms with Gasteiger partial charge in [-0.2, -0.15) is 0 Å². The summed E-state index contributed by atoms with van der Waals surface area (Å²) in [4.78, 5) is 0. The van der Waals surface area contributed by atoms with Crippen molar-refractivity contribution in [3.63, 3.8) is 0 Å². The molecule has 0 saturated carbocycles. The monoisotopic (exact) mass is 155 g/mol. The molecule has 3 nitrogen and oxygen atoms in total. The first-order valence-electron chi connectivity index (χ1n) is 3.46. The van der Waals surface area contributed by atoms with Crippen LogP contribution in [-0.2, 0) is 9.47 Å². The Labute approximate surface area is 66.5 Å². The Morgan fingerprint density at radius 2 is 2.09 bits per heavy atom. The predicted molar refractivity (Wildman–Crippen MR) is 43.0 cm³/mol. The third-order valence-electron chi connectivity index (χ3n) is 1.81. The Morgan fingerprint density at radius 3 is 2.55 bits per heavy atom. The number of nitrogens with two attached hydrogens (primary N) is 1. The van der Waals surface area contributed by atoms with Crippen LogP contribution in [0.2, 0.25) is 0 Å². The van der Waals surface area contributed by atoms with Gasteiger partial charge in [-0.15, -0.1) is 0 Å². The summed E-state index contributed by atoms with van der Waals surface area (Å²) in [7, 11) is 3.17. The fourth-order valence-electron chi connectivity index (χ4n) is 1.06. The molecule has 62 valence electrons. The van der Waals surface area contributed by atoms with E-state index in [4.69, 9.17) is 15.2 Å². The highest BCUT2D eigenvalue weighted by molar-refractivity contribution is 5.21. The standard InChI is InChI=1S/C8H13NO2/c1-10-7-5-3-4-6-8(7,9)11-2/h3-7H,9H2,1-2H3. The quantitative estimate of drug-likeness (QED) is 0.588. The highest BCUT2D eigenvalue weighted by atomic mass is 16.5. The lowest BCUT2D eigenvalue weighted by Crippen LogP contribution is -2.51. The van der Waals surface area contributed by atoms with Gasteiger partial charge in [-0.05, 0) is 6.08 Å². The molecule has 0 aliphatic heterocycles. The molecule has 0 aromatic carbocycles. The number of hydrogen-bond donors (Lipinski definition) is 1. The number of methoxy groups -OCH3 is 2. The molecule has 2 unspecified atom stereocenters. The molecule has 0 spiro atoms. The highest BCUT2D eigenvalue weighted by Gasteiger charge is 2.31. The summed E-state index contributed by atoms with van der Waals surface area (Å²) in [6.45, 7) is 0. The Kier molecular flexibility index (Phi) is 2.44. The topological polar surface area (TPSA) is 44.5 Å². The molecule has 11 heavy (non-hydrogen) atoms. The van der Waals surface area contributed by atoms with Gasteiger partial charge in [0, 0.05) is 14.2 Å². The number of ether oxygens (including phenoxy) is 2. The van der Waals surface area contributed by atoms with E-state index in [1.54, 1.807) is 20.3 Å². The van der Waals surface area contributed by atoms with Crippen molar-refractivity contribution in [2.45, 2.75) is 11.8 Å². The van der Waals surface area contributed by atoms with E-state index >= 15 is 0 Å². The van der Waals surface area contributed by atoms with E-state index in [0.717, 1.165) is 0 Å². The Hall–Kier alpha value is -0.640. The second-order valence-corrected chi connectivity index (χ2v) is 2.46. The Bertz CT molecular complexity index is 189. The average molecular weight is 155 g/mol. The Morgan fingerprint density at radius 1 is 1.36 bits per heavy atom. The predicted octanol–water partition coefficient (Wildman–Crippen LogP) is 0.429. The van der Waals surface area contributed by atoms with Crippen molar-refractivity contribution in [2.75, 3.05) is 14.2 Å². The van der Waals surface area contributed by atoms with Crippen LogP contribution in [0.5, 0.6) is 0 Å². The fraction of sp³-hybridized carbons (Fsp3) is 0.500. The third kappa shape index (κ3) is 1.50. The van der Waals surface area contributed by atoms with E-state index in [0.29, 0.717) is 0 Å². The van der Waals surface area contributed by atoms with Gasteiger partial charge in [0.25, 0.3) is 0 Å². The van der Waals surface area contributed by atoms with E-state index in [2.05, 4.69) is 0 Å². The Balaban J connectivity index is 2.77. The second-order valence-electron chi connectivity index (χ2n) is 2.46. The second kappa shape index (κ2) is 3.17. The summed E-state index contributed by atoms with van der Waals surface area (Å²) in [5, 5.41) is 0. The molecule has 0 saturated heterocycles. The van der Waals surface area contributed by atoms with E-state index in [1.807, 2.05) is 18.2 Å². The molecule has 0 bridgehead atoms. The molecule has 2 atom stereocenters. The van der Waals surface area contributed by atoms with Gasteiger partial charge >= 0.3 is 0 Å². The van der Waals surface area contributed by atoms with E-state index in [-0.39, 0.29) is 6.10 Å². The van der Waals surface area contributed by atoms with E-state index in [9.17, 15) is 0 Å². The summed E-state index contributed by atoms with van der Waals surface area (Å²) in [5.41, 5.74) is 5.03. The smallest absolute Gasteiger partial charge is 0.165 e. The first-order chi connectivity index (χ1) is 5.23. The molecule has 0 aromatic heterocycles. The normalized spacial score (nSPS) is 36.1. The minimum absolute atomic E-state index is 0.197. The van der Waals surface area contributed by atoms with Crippen LogP contribution >= 0.6 is 0 Å². The zero-order chi connectivity index (χ0) is 8.32. The summed E-state index contributed by atoms with van der Waals surface area (Å²) in [5.74, 6) is 0. The largest absolute Gasteiger partial charge is 0.373 e. The zero-order valence-electron chi connectivity index (χ0n) is 6.78. The maximum atomic E-state index is 5.83. The number of rotatable bonds is 2. The van der Waals surface area contributed by atoms with Crippen LogP contribution in [0.1, 0.15) is 0 Å². The summed E-state index contributed by atoms with van der Waals surface area (Å²) >= 11 is 0. The van der Waals surface area contributed by atoms with Gasteiger partial charge in [0.2, 0.25) is 0 Å². The van der Waals surface area contributed by atoms with Gasteiger partial charge in [0.15, 0.2) is 5.72 Å². The molecular formula is C8H13NO2. The number of hydrogen-bond acceptors (Lipinski definition) is 3. The molecule has 0 fully saturated rings. The van der Waals surface area contributed by atoms with Crippen LogP contribution in [0.15, 0.2) is 24.3 Å². The lowest BCUT2D eigenvalue weighted by molar-refractivity contribution is -0.0623. The zero-order valence-corrected chi connectivity index (χ0v) is 6.78. The van der Waals surface area contributed by atoms with E-state index < -0.39 is 5.72 Å². The van der Waals surface area contributed by atoms with E-state index in [1.165, 1.54) is 0 Å². The molecule has 1 aliphatic carbocycles. The van der Waals surface area contributed by atoms with Crippen molar-refractivity contribution < 1.29 is 9.47 Å². The van der Waals surface area contributed by atoms with Gasteiger partial charge in [0.1, 0.15) is 6.10 Å². The van der Waals surface area contributed by atoms with Gasteiger partial charge in [0.05, 0.1) is 0 Å². The number of allylic oxidation sites excluding steroid dienone is 2. The molecule has 3 heteroatoms. The summed E-state index contributed by atoms with van der Waals surface area (Å²) < 4.78 is 10.2. The van der Waals surface area contributed by atoms with Gasteiger partial charge < -0.3 is 9.47 Å². The molecule has 1 aliphatic rings. The lowest BCUT2D eigenvalue weighted by Gasteiger charge is -2.31. The van der Waals surface area contributed by atoms with Crippen LogP contribution in [0.3, 0.4) is 0 Å². The maximum absolute atomic E-state index is 5.83. The van der Waals surface area contributed by atoms with Crippen LogP contribution in [0.4, 0.5) is 0 Å². The molecular weight excluding hydrogens is 142 g/mol. The van der Waals surface area contributed by atoms with Crippen molar-refractivity contribution in [1.29, 1.82) is 0 Å². The van der Waals surface area contributed by atoms with Crippen molar-refractivity contribution >= 4 is 0 Å². The molecule has 0 radical (unpaired) electrons. The molecule has 1 rings (SSSR count). The molecule has 0 heterocycles. The SMILES string of the molecule is COC1C=CC=CC1(N)OC. The van der Waals surface area contributed by atoms with Crippen molar-refractivity contribution in [3.05, 3.63) is 24.3 Å². The lowest BCUT2D eigenvalue weighted by atomic mass is 10.0. The molecule has 2 N–H and O–H groups in total. The van der Waals surface area contributed by atoms with Crippen LogP contribution < -0.4 is 5.73 Å². The first kappa shape index (κ1) is 8.46. The van der Waals surface area contributed by atoms with Crippen molar-refractivity contribution in [1.82, 2.24) is 0 Å². The summed E-state index contributed by atoms with van der Waals surface area (Å²) in [6.07, 6.45) is 7.18. The van der Waals surface area contributed by atoms with Gasteiger partial charge in [-0.25, -0.2) is 0 Å². The minimum atomic E-state index is -0.802. The van der Waals surface area contributed by atoms with Crippen LogP contribution in [-0.4, -0.2) is 26.0 Å². The average Bonchev–Trinajstić information content (AvgIpc) is 2.05. The van der Waals surface area contributed by atoms with Crippen molar-refractivity contribution in [2.24, 2.45) is 5.73 Å². The minimum Gasteiger partial charge on any atom is -0.373 e. The van der Waals surface area contributed by atoms with Gasteiger partial charge in [-0.3, -0.25) is 5.73 Å². The van der Waals surface area contributed by atoms with Crippen molar-refractivity contribution in [3.8, 4) is 0 Å². The molecule has 0 amide bonds. The highest BCUT2D eigenvalue weighted by Crippen LogP contribution is 2.18. The molecule has 0 aromatic rings. The maximum Gasteiger partial charge on any atom is 0.165 e. The first-order valence-corrected chi connectivity index (χ1v) is 3.46.